The molecule has 3 rings (SSSR count). The molecule has 2 aliphatic heterocycles. The molecule has 0 spiro atoms. The zero-order valence-corrected chi connectivity index (χ0v) is 15.1. The summed E-state index contributed by atoms with van der Waals surface area (Å²) in [6, 6.07) is 11.1. The third kappa shape index (κ3) is 4.17. The molecule has 2 saturated heterocycles. The fraction of sp³-hybridized carbons (Fsp3) is 0.650. The molecule has 0 aromatic heterocycles. The maximum Gasteiger partial charge on any atom is 0.239 e. The Morgan fingerprint density at radius 2 is 1.92 bits per heavy atom. The van der Waals surface area contributed by atoms with Gasteiger partial charge >= 0.3 is 0 Å². The van der Waals surface area contributed by atoms with Gasteiger partial charge in [0.25, 0.3) is 0 Å². The van der Waals surface area contributed by atoms with E-state index in [0.29, 0.717) is 11.9 Å². The molecule has 4 nitrogen and oxygen atoms in total. The molecular weight excluding hydrogens is 298 g/mol. The molecule has 2 fully saturated rings. The number of nitrogens with one attached hydrogen (secondary N) is 1. The highest BCUT2D eigenvalue weighted by Gasteiger charge is 2.32. The first-order chi connectivity index (χ1) is 11.6. The number of piperidine rings is 1. The molecule has 1 N–H and O–H groups in total. The van der Waals surface area contributed by atoms with Gasteiger partial charge in [0.15, 0.2) is 0 Å². The lowest BCUT2D eigenvalue weighted by Crippen LogP contribution is -2.57. The Hall–Kier alpha value is -1.39. The van der Waals surface area contributed by atoms with Crippen LogP contribution in [0, 0.1) is 5.92 Å². The summed E-state index contributed by atoms with van der Waals surface area (Å²) in [6.45, 7) is 9.00. The average Bonchev–Trinajstić information content (AvgIpc) is 2.62. The Labute approximate surface area is 146 Å². The number of likely N-dealkylation sites (tertiary alicyclic amines) is 1. The Balaban J connectivity index is 1.49. The van der Waals surface area contributed by atoms with Gasteiger partial charge in [0.1, 0.15) is 0 Å². The fourth-order valence-electron chi connectivity index (χ4n) is 4.06. The molecule has 2 unspecified atom stereocenters. The maximum atomic E-state index is 12.8. The van der Waals surface area contributed by atoms with Crippen molar-refractivity contribution < 1.29 is 4.79 Å². The van der Waals surface area contributed by atoms with Crippen molar-refractivity contribution in [2.75, 3.05) is 32.7 Å². The Bertz CT molecular complexity index is 525. The minimum atomic E-state index is 0.0169. The highest BCUT2D eigenvalue weighted by atomic mass is 16.2. The first-order valence-corrected chi connectivity index (χ1v) is 9.44. The minimum absolute atomic E-state index is 0.0169. The van der Waals surface area contributed by atoms with E-state index in [1.165, 1.54) is 24.8 Å². The Morgan fingerprint density at radius 3 is 2.58 bits per heavy atom. The van der Waals surface area contributed by atoms with Crippen LogP contribution in [-0.4, -0.2) is 60.5 Å². The van der Waals surface area contributed by atoms with Gasteiger partial charge in [-0.2, -0.15) is 0 Å². The summed E-state index contributed by atoms with van der Waals surface area (Å²) in [4.78, 5) is 17.3. The number of hydrogen-bond acceptors (Lipinski definition) is 3. The summed E-state index contributed by atoms with van der Waals surface area (Å²) in [5, 5.41) is 3.36. The van der Waals surface area contributed by atoms with E-state index in [9.17, 15) is 4.79 Å². The average molecular weight is 329 g/mol. The lowest BCUT2D eigenvalue weighted by atomic mass is 9.89. The molecule has 1 aromatic carbocycles. The second kappa shape index (κ2) is 8.13. The Morgan fingerprint density at radius 1 is 1.21 bits per heavy atom. The van der Waals surface area contributed by atoms with Crippen LogP contribution in [0.4, 0.5) is 0 Å². The predicted octanol–water partition coefficient (Wildman–Crippen LogP) is 2.15. The SMILES string of the molecule is CC(C(=O)N1CCNCC1C)N1CCC(Cc2ccccc2)CC1. The van der Waals surface area contributed by atoms with E-state index in [2.05, 4.69) is 59.3 Å². The molecule has 4 heteroatoms. The number of rotatable bonds is 4. The third-order valence-corrected chi connectivity index (χ3v) is 5.71. The van der Waals surface area contributed by atoms with E-state index in [1.54, 1.807) is 0 Å². The largest absolute Gasteiger partial charge is 0.336 e. The van der Waals surface area contributed by atoms with Gasteiger partial charge in [0.05, 0.1) is 6.04 Å². The molecule has 2 atom stereocenters. The summed E-state index contributed by atoms with van der Waals surface area (Å²) in [7, 11) is 0. The number of benzene rings is 1. The van der Waals surface area contributed by atoms with Gasteiger partial charge in [-0.05, 0) is 57.7 Å². The van der Waals surface area contributed by atoms with Crippen molar-refractivity contribution in [2.24, 2.45) is 5.92 Å². The summed E-state index contributed by atoms with van der Waals surface area (Å²) >= 11 is 0. The van der Waals surface area contributed by atoms with Gasteiger partial charge in [-0.1, -0.05) is 30.3 Å². The van der Waals surface area contributed by atoms with Crippen LogP contribution in [0.1, 0.15) is 32.3 Å². The summed E-state index contributed by atoms with van der Waals surface area (Å²) in [5.41, 5.74) is 1.44. The number of nitrogens with zero attached hydrogens (tertiary/aromatic N) is 2. The van der Waals surface area contributed by atoms with Crippen molar-refractivity contribution in [1.29, 1.82) is 0 Å². The summed E-state index contributed by atoms with van der Waals surface area (Å²) in [5.74, 6) is 1.06. The number of carbonyl (C=O) groups excluding carboxylic acids is 1. The quantitative estimate of drug-likeness (QED) is 0.919. The molecular formula is C20H31N3O. The summed E-state index contributed by atoms with van der Waals surface area (Å²) in [6.07, 6.45) is 3.57. The van der Waals surface area contributed by atoms with E-state index >= 15 is 0 Å². The van der Waals surface area contributed by atoms with Crippen molar-refractivity contribution in [3.05, 3.63) is 35.9 Å². The first-order valence-electron chi connectivity index (χ1n) is 9.44. The van der Waals surface area contributed by atoms with Gasteiger partial charge in [0.2, 0.25) is 5.91 Å². The van der Waals surface area contributed by atoms with Crippen LogP contribution >= 0.6 is 0 Å². The van der Waals surface area contributed by atoms with E-state index < -0.39 is 0 Å². The van der Waals surface area contributed by atoms with Gasteiger partial charge < -0.3 is 10.2 Å². The van der Waals surface area contributed by atoms with Gasteiger partial charge in [-0.3, -0.25) is 9.69 Å². The summed E-state index contributed by atoms with van der Waals surface area (Å²) < 4.78 is 0. The van der Waals surface area contributed by atoms with E-state index in [-0.39, 0.29) is 6.04 Å². The third-order valence-electron chi connectivity index (χ3n) is 5.71. The molecule has 0 radical (unpaired) electrons. The van der Waals surface area contributed by atoms with Crippen molar-refractivity contribution in [3.63, 3.8) is 0 Å². The van der Waals surface area contributed by atoms with Crippen LogP contribution in [0.15, 0.2) is 30.3 Å². The molecule has 2 heterocycles. The smallest absolute Gasteiger partial charge is 0.239 e. The molecule has 0 bridgehead atoms. The lowest BCUT2D eigenvalue weighted by molar-refractivity contribution is -0.139. The Kier molecular flexibility index (Phi) is 5.90. The van der Waals surface area contributed by atoms with Crippen LogP contribution in [0.3, 0.4) is 0 Å². The van der Waals surface area contributed by atoms with E-state index in [4.69, 9.17) is 0 Å². The van der Waals surface area contributed by atoms with E-state index in [0.717, 1.165) is 38.6 Å². The molecule has 1 aromatic rings. The molecule has 0 aliphatic carbocycles. The van der Waals surface area contributed by atoms with Gasteiger partial charge in [-0.15, -0.1) is 0 Å². The number of carbonyl (C=O) groups is 1. The predicted molar refractivity (Wildman–Crippen MR) is 97.9 cm³/mol. The number of hydrogen-bond donors (Lipinski definition) is 1. The van der Waals surface area contributed by atoms with Crippen LogP contribution in [-0.2, 0) is 11.2 Å². The standard InChI is InChI=1S/C20H31N3O/c1-16-15-21-10-13-23(16)20(24)17(2)22-11-8-19(9-12-22)14-18-6-4-3-5-7-18/h3-7,16-17,19,21H,8-15H2,1-2H3. The first kappa shape index (κ1) is 17.4. The maximum absolute atomic E-state index is 12.8. The second-order valence-electron chi connectivity index (χ2n) is 7.43. The van der Waals surface area contributed by atoms with Crippen LogP contribution in [0.25, 0.3) is 0 Å². The normalized spacial score (nSPS) is 24.8. The zero-order chi connectivity index (χ0) is 16.9. The monoisotopic (exact) mass is 329 g/mol. The highest BCUT2D eigenvalue weighted by molar-refractivity contribution is 5.82. The minimum Gasteiger partial charge on any atom is -0.336 e. The van der Waals surface area contributed by atoms with Gasteiger partial charge in [0, 0.05) is 25.7 Å². The van der Waals surface area contributed by atoms with Crippen molar-refractivity contribution >= 4 is 5.91 Å². The molecule has 0 saturated carbocycles. The lowest BCUT2D eigenvalue weighted by Gasteiger charge is -2.40. The van der Waals surface area contributed by atoms with Crippen LogP contribution in [0.5, 0.6) is 0 Å². The fourth-order valence-corrected chi connectivity index (χ4v) is 4.06. The van der Waals surface area contributed by atoms with Crippen molar-refractivity contribution in [2.45, 2.75) is 45.2 Å². The second-order valence-corrected chi connectivity index (χ2v) is 7.43. The van der Waals surface area contributed by atoms with Crippen molar-refractivity contribution in [3.8, 4) is 0 Å². The van der Waals surface area contributed by atoms with Crippen molar-refractivity contribution in [1.82, 2.24) is 15.1 Å². The van der Waals surface area contributed by atoms with Crippen LogP contribution < -0.4 is 5.32 Å². The number of piperazine rings is 1. The molecule has 132 valence electrons. The molecule has 2 aliphatic rings. The zero-order valence-electron chi connectivity index (χ0n) is 15.1. The van der Waals surface area contributed by atoms with Crippen LogP contribution in [0.2, 0.25) is 0 Å². The molecule has 24 heavy (non-hydrogen) atoms. The topological polar surface area (TPSA) is 35.6 Å². The number of amides is 1. The highest BCUT2D eigenvalue weighted by Crippen LogP contribution is 2.23. The van der Waals surface area contributed by atoms with E-state index in [1.807, 2.05) is 0 Å². The van der Waals surface area contributed by atoms with Gasteiger partial charge in [-0.25, -0.2) is 0 Å². The molecule has 1 amide bonds.